The van der Waals surface area contributed by atoms with Crippen LogP contribution in [0.25, 0.3) is 0 Å². The average Bonchev–Trinajstić information content (AvgIpc) is 3.16. The van der Waals surface area contributed by atoms with Crippen LogP contribution in [0.15, 0.2) is 24.3 Å². The van der Waals surface area contributed by atoms with E-state index in [-0.39, 0.29) is 18.7 Å². The predicted octanol–water partition coefficient (Wildman–Crippen LogP) is 2.62. The predicted molar refractivity (Wildman–Crippen MR) is 68.3 cm³/mol. The first-order chi connectivity index (χ1) is 9.41. The van der Waals surface area contributed by atoms with E-state index < -0.39 is 17.8 Å². The van der Waals surface area contributed by atoms with E-state index >= 15 is 0 Å². The van der Waals surface area contributed by atoms with E-state index in [0.29, 0.717) is 18.5 Å². The Kier molecular flexibility index (Phi) is 3.01. The molecule has 1 saturated carbocycles. The lowest BCUT2D eigenvalue weighted by Crippen LogP contribution is -2.53. The number of hydrogen-bond donors (Lipinski definition) is 2. The summed E-state index contributed by atoms with van der Waals surface area (Å²) < 4.78 is 38.8. The maximum absolute atomic E-state index is 12.9. The third kappa shape index (κ3) is 2.28. The highest BCUT2D eigenvalue weighted by molar-refractivity contribution is 5.96. The molecule has 1 amide bonds. The molecule has 2 N–H and O–H groups in total. The fourth-order valence-electron chi connectivity index (χ4n) is 2.62. The largest absolute Gasteiger partial charge is 0.406 e. The van der Waals surface area contributed by atoms with E-state index in [0.717, 1.165) is 5.56 Å². The van der Waals surface area contributed by atoms with E-state index in [1.54, 1.807) is 12.1 Å². The quantitative estimate of drug-likeness (QED) is 0.876. The normalized spacial score (nSPS) is 24.6. The van der Waals surface area contributed by atoms with Crippen molar-refractivity contribution in [3.05, 3.63) is 29.8 Å². The van der Waals surface area contributed by atoms with Crippen molar-refractivity contribution in [2.75, 3.05) is 5.32 Å². The van der Waals surface area contributed by atoms with E-state index in [2.05, 4.69) is 10.6 Å². The molecule has 0 bridgehead atoms. The molecule has 3 rings (SSSR count). The lowest BCUT2D eigenvalue weighted by molar-refractivity contribution is -0.168. The molecule has 1 aliphatic carbocycles. The molecule has 1 aromatic rings. The number of anilines is 1. The van der Waals surface area contributed by atoms with E-state index in [1.165, 1.54) is 0 Å². The lowest BCUT2D eigenvalue weighted by atomic mass is 10.0. The molecule has 1 aliphatic heterocycles. The molecule has 1 unspecified atom stereocenters. The van der Waals surface area contributed by atoms with Crippen molar-refractivity contribution in [1.29, 1.82) is 0 Å². The highest BCUT2D eigenvalue weighted by Gasteiger charge is 2.64. The molecule has 0 aromatic heterocycles. The third-order valence-corrected chi connectivity index (χ3v) is 4.04. The number of aryl methyl sites for hydroxylation is 1. The maximum atomic E-state index is 12.9. The van der Waals surface area contributed by atoms with Gasteiger partial charge in [-0.15, -0.1) is 0 Å². The van der Waals surface area contributed by atoms with Gasteiger partial charge < -0.3 is 5.32 Å². The number of amides is 1. The first-order valence-electron chi connectivity index (χ1n) is 6.64. The van der Waals surface area contributed by atoms with Crippen molar-refractivity contribution in [3.8, 4) is 0 Å². The van der Waals surface area contributed by atoms with Gasteiger partial charge in [-0.1, -0.05) is 18.2 Å². The fourth-order valence-corrected chi connectivity index (χ4v) is 2.62. The molecule has 2 aliphatic rings. The van der Waals surface area contributed by atoms with Gasteiger partial charge in [-0.05, 0) is 37.3 Å². The van der Waals surface area contributed by atoms with Gasteiger partial charge in [-0.2, -0.15) is 13.2 Å². The Morgan fingerprint density at radius 1 is 1.25 bits per heavy atom. The van der Waals surface area contributed by atoms with Gasteiger partial charge in [0.25, 0.3) is 0 Å². The van der Waals surface area contributed by atoms with Crippen molar-refractivity contribution in [2.45, 2.75) is 43.4 Å². The summed E-state index contributed by atoms with van der Waals surface area (Å²) in [5, 5.41) is 5.24. The van der Waals surface area contributed by atoms with Crippen LogP contribution >= 0.6 is 0 Å². The molecule has 0 saturated heterocycles. The average molecular weight is 284 g/mol. The molecule has 108 valence electrons. The Hall–Kier alpha value is -1.56. The van der Waals surface area contributed by atoms with Gasteiger partial charge in [0.1, 0.15) is 5.54 Å². The highest BCUT2D eigenvalue weighted by atomic mass is 19.4. The first kappa shape index (κ1) is 13.4. The topological polar surface area (TPSA) is 41.1 Å². The van der Waals surface area contributed by atoms with Gasteiger partial charge in [0.2, 0.25) is 5.91 Å². The van der Waals surface area contributed by atoms with Crippen LogP contribution in [0.3, 0.4) is 0 Å². The summed E-state index contributed by atoms with van der Waals surface area (Å²) in [4.78, 5) is 12.1. The Balaban J connectivity index is 1.76. The molecule has 1 atom stereocenters. The van der Waals surface area contributed by atoms with Crippen molar-refractivity contribution < 1.29 is 18.0 Å². The van der Waals surface area contributed by atoms with Crippen LogP contribution in [0, 0.1) is 0 Å². The maximum Gasteiger partial charge on any atom is 0.406 e. The molecule has 1 aromatic carbocycles. The van der Waals surface area contributed by atoms with Gasteiger partial charge in [0, 0.05) is 5.69 Å². The summed E-state index contributed by atoms with van der Waals surface area (Å²) >= 11 is 0. The molecule has 0 spiro atoms. The van der Waals surface area contributed by atoms with Crippen LogP contribution in [0.1, 0.15) is 24.8 Å². The molecule has 3 nitrogen and oxygen atoms in total. The lowest BCUT2D eigenvalue weighted by Gasteiger charge is -2.25. The number of nitrogens with one attached hydrogen (secondary N) is 2. The number of rotatable bonds is 2. The monoisotopic (exact) mass is 284 g/mol. The van der Waals surface area contributed by atoms with Gasteiger partial charge in [0.15, 0.2) is 0 Å². The van der Waals surface area contributed by atoms with Crippen molar-refractivity contribution in [3.63, 3.8) is 0 Å². The summed E-state index contributed by atoms with van der Waals surface area (Å²) in [6.45, 7) is 0. The smallest absolute Gasteiger partial charge is 0.324 e. The zero-order valence-electron chi connectivity index (χ0n) is 10.8. The minimum absolute atomic E-state index is 0.0488. The number of benzene rings is 1. The Bertz CT molecular complexity index is 537. The van der Waals surface area contributed by atoms with Gasteiger partial charge in [-0.25, -0.2) is 0 Å². The summed E-state index contributed by atoms with van der Waals surface area (Å²) in [6.07, 6.45) is -3.24. The molecule has 6 heteroatoms. The Labute approximate surface area is 114 Å². The molecule has 0 radical (unpaired) electrons. The second kappa shape index (κ2) is 4.48. The van der Waals surface area contributed by atoms with Crippen molar-refractivity contribution >= 4 is 11.6 Å². The minimum atomic E-state index is -4.30. The fraction of sp³-hybridized carbons (Fsp3) is 0.500. The number of halogens is 3. The van der Waals surface area contributed by atoms with E-state index in [4.69, 9.17) is 0 Å². The molecular weight excluding hydrogens is 269 g/mol. The van der Waals surface area contributed by atoms with Crippen LogP contribution in [-0.2, 0) is 11.2 Å². The zero-order chi connectivity index (χ0) is 14.4. The Morgan fingerprint density at radius 2 is 1.95 bits per heavy atom. The summed E-state index contributed by atoms with van der Waals surface area (Å²) in [6, 6.07) is 6.51. The number of fused-ring (bicyclic) bond motifs is 1. The van der Waals surface area contributed by atoms with E-state index in [1.807, 2.05) is 12.1 Å². The summed E-state index contributed by atoms with van der Waals surface area (Å²) in [5.41, 5.74) is -0.202. The number of hydrogen-bond acceptors (Lipinski definition) is 2. The number of carbonyl (C=O) groups is 1. The number of para-hydroxylation sites is 1. The zero-order valence-corrected chi connectivity index (χ0v) is 10.8. The molecule has 1 heterocycles. The molecule has 1 fully saturated rings. The highest BCUT2D eigenvalue weighted by Crippen LogP contribution is 2.49. The van der Waals surface area contributed by atoms with Crippen LogP contribution in [-0.4, -0.2) is 23.7 Å². The van der Waals surface area contributed by atoms with Crippen LogP contribution in [0.5, 0.6) is 0 Å². The van der Waals surface area contributed by atoms with Gasteiger partial charge in [-0.3, -0.25) is 10.1 Å². The molecule has 20 heavy (non-hydrogen) atoms. The molecular formula is C14H15F3N2O. The third-order valence-electron chi connectivity index (χ3n) is 4.04. The number of alkyl halides is 3. The summed E-state index contributed by atoms with van der Waals surface area (Å²) in [7, 11) is 0. The second-order valence-electron chi connectivity index (χ2n) is 5.46. The van der Waals surface area contributed by atoms with Crippen LogP contribution < -0.4 is 10.6 Å². The minimum Gasteiger partial charge on any atom is -0.324 e. The van der Waals surface area contributed by atoms with E-state index in [9.17, 15) is 18.0 Å². The van der Waals surface area contributed by atoms with Crippen molar-refractivity contribution in [2.24, 2.45) is 0 Å². The second-order valence-corrected chi connectivity index (χ2v) is 5.46. The first-order valence-corrected chi connectivity index (χ1v) is 6.64. The summed E-state index contributed by atoms with van der Waals surface area (Å²) in [5.74, 6) is -0.384. The van der Waals surface area contributed by atoms with Crippen LogP contribution in [0.4, 0.5) is 18.9 Å². The van der Waals surface area contributed by atoms with Crippen molar-refractivity contribution in [1.82, 2.24) is 5.32 Å². The van der Waals surface area contributed by atoms with Crippen LogP contribution in [0.2, 0.25) is 0 Å². The Morgan fingerprint density at radius 3 is 2.60 bits per heavy atom. The number of carbonyl (C=O) groups excluding carboxylic acids is 1. The SMILES string of the molecule is O=C1Nc2ccccc2CCC1NC1(C(F)(F)F)CC1. The van der Waals surface area contributed by atoms with Gasteiger partial charge in [0.05, 0.1) is 6.04 Å². The standard InChI is InChI=1S/C14H15F3N2O/c15-14(16,17)13(7-8-13)19-11-6-5-9-3-1-2-4-10(9)18-12(11)20/h1-4,11,19H,5-8H2,(H,18,20). The van der Waals surface area contributed by atoms with Gasteiger partial charge >= 0.3 is 6.18 Å².